The number of rotatable bonds is 2. The Kier molecular flexibility index (Phi) is 2.87. The maximum atomic E-state index is 5.81. The Labute approximate surface area is 67.9 Å². The monoisotopic (exact) mass is 159 g/mol. The molecule has 0 bridgehead atoms. The van der Waals surface area contributed by atoms with E-state index in [1.165, 1.54) is 0 Å². The zero-order chi connectivity index (χ0) is 8.32. The normalized spacial score (nSPS) is 22.1. The maximum absolute atomic E-state index is 5.81. The van der Waals surface area contributed by atoms with Crippen LogP contribution in [0.5, 0.6) is 0 Å². The summed E-state index contributed by atoms with van der Waals surface area (Å²) in [5.74, 6) is 0. The molecule has 0 spiro atoms. The molecule has 1 saturated heterocycles. The second kappa shape index (κ2) is 3.52. The number of hydrogen-bond acceptors (Lipinski definition) is 3. The molecule has 0 aliphatic carbocycles. The molecule has 0 unspecified atom stereocenters. The van der Waals surface area contributed by atoms with Crippen molar-refractivity contribution in [3.63, 3.8) is 0 Å². The maximum Gasteiger partial charge on any atom is 0.159 e. The molecule has 1 heterocycles. The Morgan fingerprint density at radius 1 is 1.36 bits per heavy atom. The van der Waals surface area contributed by atoms with Crippen molar-refractivity contribution in [2.75, 3.05) is 13.2 Å². The third kappa shape index (κ3) is 3.70. The van der Waals surface area contributed by atoms with Crippen LogP contribution >= 0.6 is 0 Å². The van der Waals surface area contributed by atoms with Crippen LogP contribution < -0.4 is 5.73 Å². The Balaban J connectivity index is 2.24. The van der Waals surface area contributed by atoms with E-state index in [0.29, 0.717) is 0 Å². The molecule has 1 aliphatic rings. The lowest BCUT2D eigenvalue weighted by Gasteiger charge is -2.28. The van der Waals surface area contributed by atoms with E-state index >= 15 is 0 Å². The molecule has 2 N–H and O–H groups in total. The Morgan fingerprint density at radius 2 is 1.91 bits per heavy atom. The van der Waals surface area contributed by atoms with Crippen molar-refractivity contribution < 1.29 is 9.47 Å². The van der Waals surface area contributed by atoms with Crippen LogP contribution in [-0.4, -0.2) is 25.0 Å². The molecule has 0 aromatic rings. The highest BCUT2D eigenvalue weighted by atomic mass is 16.7. The van der Waals surface area contributed by atoms with Crippen molar-refractivity contribution in [2.24, 2.45) is 5.73 Å². The van der Waals surface area contributed by atoms with Crippen LogP contribution in [-0.2, 0) is 9.47 Å². The van der Waals surface area contributed by atoms with Crippen LogP contribution in [0.1, 0.15) is 26.7 Å². The highest BCUT2D eigenvalue weighted by Crippen LogP contribution is 2.15. The van der Waals surface area contributed by atoms with Gasteiger partial charge < -0.3 is 15.2 Å². The van der Waals surface area contributed by atoms with Crippen LogP contribution in [0.3, 0.4) is 0 Å². The van der Waals surface area contributed by atoms with Crippen molar-refractivity contribution in [1.82, 2.24) is 0 Å². The minimum atomic E-state index is -0.192. The van der Waals surface area contributed by atoms with E-state index in [0.717, 1.165) is 26.1 Å². The Bertz CT molecular complexity index is 114. The first kappa shape index (κ1) is 8.97. The summed E-state index contributed by atoms with van der Waals surface area (Å²) in [7, 11) is 0. The molecule has 0 aromatic heterocycles. The molecule has 1 aliphatic heterocycles. The molecule has 0 amide bonds. The van der Waals surface area contributed by atoms with Gasteiger partial charge in [-0.25, -0.2) is 0 Å². The van der Waals surface area contributed by atoms with Crippen molar-refractivity contribution in [3.8, 4) is 0 Å². The lowest BCUT2D eigenvalue weighted by atomic mass is 10.0. The molecule has 3 nitrogen and oxygen atoms in total. The first-order valence-electron chi connectivity index (χ1n) is 4.10. The smallest absolute Gasteiger partial charge is 0.159 e. The zero-order valence-corrected chi connectivity index (χ0v) is 7.30. The molecule has 11 heavy (non-hydrogen) atoms. The molecule has 3 heteroatoms. The lowest BCUT2D eigenvalue weighted by Crippen LogP contribution is -2.39. The second-order valence-corrected chi connectivity index (χ2v) is 3.72. The summed E-state index contributed by atoms with van der Waals surface area (Å²) in [5, 5.41) is 0. The first-order chi connectivity index (χ1) is 5.08. The van der Waals surface area contributed by atoms with E-state index in [-0.39, 0.29) is 11.8 Å². The van der Waals surface area contributed by atoms with E-state index in [9.17, 15) is 0 Å². The van der Waals surface area contributed by atoms with Gasteiger partial charge in [0.2, 0.25) is 0 Å². The van der Waals surface area contributed by atoms with Gasteiger partial charge in [-0.15, -0.1) is 0 Å². The van der Waals surface area contributed by atoms with Gasteiger partial charge in [0.25, 0.3) is 0 Å². The quantitative estimate of drug-likeness (QED) is 0.650. The summed E-state index contributed by atoms with van der Waals surface area (Å²) >= 11 is 0. The Morgan fingerprint density at radius 3 is 2.36 bits per heavy atom. The van der Waals surface area contributed by atoms with Gasteiger partial charge in [0.1, 0.15) is 0 Å². The predicted octanol–water partition coefficient (Wildman–Crippen LogP) is 0.877. The molecule has 0 atom stereocenters. The molecular formula is C8H17NO2. The van der Waals surface area contributed by atoms with E-state index < -0.39 is 0 Å². The fourth-order valence-corrected chi connectivity index (χ4v) is 1.08. The SMILES string of the molecule is CC(C)(N)CC1OCCCO1. The van der Waals surface area contributed by atoms with Gasteiger partial charge in [-0.3, -0.25) is 0 Å². The summed E-state index contributed by atoms with van der Waals surface area (Å²) in [4.78, 5) is 0. The average molecular weight is 159 g/mol. The summed E-state index contributed by atoms with van der Waals surface area (Å²) < 4.78 is 10.7. The average Bonchev–Trinajstić information content (AvgIpc) is 1.85. The highest BCUT2D eigenvalue weighted by Gasteiger charge is 2.21. The second-order valence-electron chi connectivity index (χ2n) is 3.72. The van der Waals surface area contributed by atoms with Crippen LogP contribution in [0.4, 0.5) is 0 Å². The largest absolute Gasteiger partial charge is 0.353 e. The van der Waals surface area contributed by atoms with Gasteiger partial charge in [0, 0.05) is 12.0 Å². The van der Waals surface area contributed by atoms with Crippen LogP contribution in [0.25, 0.3) is 0 Å². The van der Waals surface area contributed by atoms with Crippen molar-refractivity contribution >= 4 is 0 Å². The first-order valence-corrected chi connectivity index (χ1v) is 4.10. The van der Waals surface area contributed by atoms with E-state index in [4.69, 9.17) is 15.2 Å². The van der Waals surface area contributed by atoms with Gasteiger partial charge in [-0.05, 0) is 20.3 Å². The molecule has 1 rings (SSSR count). The number of nitrogens with two attached hydrogens (primary N) is 1. The standard InChI is InChI=1S/C8H17NO2/c1-8(2,9)6-7-10-4-3-5-11-7/h7H,3-6,9H2,1-2H3. The molecule has 0 aromatic carbocycles. The highest BCUT2D eigenvalue weighted by molar-refractivity contribution is 4.74. The van der Waals surface area contributed by atoms with Crippen LogP contribution in [0.15, 0.2) is 0 Å². The fourth-order valence-electron chi connectivity index (χ4n) is 1.08. The lowest BCUT2D eigenvalue weighted by molar-refractivity contribution is -0.186. The molecular weight excluding hydrogens is 142 g/mol. The zero-order valence-electron chi connectivity index (χ0n) is 7.30. The van der Waals surface area contributed by atoms with Gasteiger partial charge in [0.15, 0.2) is 6.29 Å². The third-order valence-electron chi connectivity index (χ3n) is 1.59. The van der Waals surface area contributed by atoms with Gasteiger partial charge >= 0.3 is 0 Å². The van der Waals surface area contributed by atoms with Crippen molar-refractivity contribution in [2.45, 2.75) is 38.5 Å². The van der Waals surface area contributed by atoms with Gasteiger partial charge in [-0.2, -0.15) is 0 Å². The number of ether oxygens (including phenoxy) is 2. The van der Waals surface area contributed by atoms with Gasteiger partial charge in [-0.1, -0.05) is 0 Å². The summed E-state index contributed by atoms with van der Waals surface area (Å²) in [6.45, 7) is 5.57. The van der Waals surface area contributed by atoms with E-state index in [2.05, 4.69) is 0 Å². The minimum absolute atomic E-state index is 0.0799. The molecule has 1 fully saturated rings. The fraction of sp³-hybridized carbons (Fsp3) is 1.00. The van der Waals surface area contributed by atoms with Crippen molar-refractivity contribution in [3.05, 3.63) is 0 Å². The van der Waals surface area contributed by atoms with E-state index in [1.807, 2.05) is 13.8 Å². The third-order valence-corrected chi connectivity index (χ3v) is 1.59. The summed E-state index contributed by atoms with van der Waals surface area (Å²) in [6.07, 6.45) is 1.69. The number of hydrogen-bond donors (Lipinski definition) is 1. The molecule has 0 radical (unpaired) electrons. The summed E-state index contributed by atoms with van der Waals surface area (Å²) in [5.41, 5.74) is 5.61. The van der Waals surface area contributed by atoms with Crippen LogP contribution in [0.2, 0.25) is 0 Å². The van der Waals surface area contributed by atoms with Crippen LogP contribution in [0, 0.1) is 0 Å². The van der Waals surface area contributed by atoms with Crippen molar-refractivity contribution in [1.29, 1.82) is 0 Å². The van der Waals surface area contributed by atoms with Gasteiger partial charge in [0.05, 0.1) is 13.2 Å². The summed E-state index contributed by atoms with van der Waals surface area (Å²) in [6, 6.07) is 0. The molecule has 66 valence electrons. The molecule has 0 saturated carbocycles. The Hall–Kier alpha value is -0.120. The minimum Gasteiger partial charge on any atom is -0.353 e. The van der Waals surface area contributed by atoms with E-state index in [1.54, 1.807) is 0 Å². The predicted molar refractivity (Wildman–Crippen MR) is 43.2 cm³/mol. The topological polar surface area (TPSA) is 44.5 Å².